The van der Waals surface area contributed by atoms with Crippen LogP contribution in [-0.2, 0) is 17.9 Å². The number of aryl methyl sites for hydroxylation is 2. The normalized spacial score (nSPS) is 11.1. The number of amides is 1. The van der Waals surface area contributed by atoms with Gasteiger partial charge < -0.3 is 14.6 Å². The molecular weight excluding hydrogens is 561 g/mol. The molecule has 12 heteroatoms. The van der Waals surface area contributed by atoms with Crippen LogP contribution in [0.3, 0.4) is 0 Å². The maximum atomic E-state index is 12.5. The average molecular weight is 583 g/mol. The zero-order valence-electron chi connectivity index (χ0n) is 19.6. The Morgan fingerprint density at radius 3 is 2.58 bits per heavy atom. The number of nitrogens with one attached hydrogen (secondary N) is 1. The first-order chi connectivity index (χ1) is 17.2. The van der Waals surface area contributed by atoms with Crippen LogP contribution in [0.5, 0.6) is 5.75 Å². The van der Waals surface area contributed by atoms with Gasteiger partial charge in [0.1, 0.15) is 12.4 Å². The van der Waals surface area contributed by atoms with Crippen molar-refractivity contribution in [3.63, 3.8) is 0 Å². The van der Waals surface area contributed by atoms with Crippen LogP contribution in [0.15, 0.2) is 40.9 Å². The standard InChI is InChI=1S/C24H22Cl3N5O2S2/c1-4-32-20(10-34-16-7-13(2)22(27)14(3)8-16)30-31-24(32)36-12-21(33)29-23-28-19(11-35-23)17-6-5-15(25)9-18(17)26/h5-9,11H,4,10,12H2,1-3H3,(H,28,29,33). The fourth-order valence-electron chi connectivity index (χ4n) is 3.43. The summed E-state index contributed by atoms with van der Waals surface area (Å²) in [5.74, 6) is 1.36. The summed E-state index contributed by atoms with van der Waals surface area (Å²) in [6, 6.07) is 9.00. The Bertz CT molecular complexity index is 1380. The van der Waals surface area contributed by atoms with Crippen molar-refractivity contribution in [3.05, 3.63) is 67.7 Å². The van der Waals surface area contributed by atoms with E-state index in [9.17, 15) is 4.79 Å². The van der Waals surface area contributed by atoms with Crippen LogP contribution in [0.2, 0.25) is 15.1 Å². The molecular formula is C24H22Cl3N5O2S2. The van der Waals surface area contributed by atoms with Gasteiger partial charge in [-0.15, -0.1) is 21.5 Å². The molecule has 4 rings (SSSR count). The molecule has 7 nitrogen and oxygen atoms in total. The maximum absolute atomic E-state index is 12.5. The molecule has 0 saturated carbocycles. The van der Waals surface area contributed by atoms with E-state index >= 15 is 0 Å². The quantitative estimate of drug-likeness (QED) is 0.208. The van der Waals surface area contributed by atoms with E-state index in [4.69, 9.17) is 39.5 Å². The van der Waals surface area contributed by atoms with Crippen LogP contribution in [0.4, 0.5) is 5.13 Å². The summed E-state index contributed by atoms with van der Waals surface area (Å²) in [5.41, 5.74) is 3.33. The molecule has 0 fully saturated rings. The van der Waals surface area contributed by atoms with Gasteiger partial charge in [0.05, 0.1) is 16.5 Å². The Morgan fingerprint density at radius 1 is 1.14 bits per heavy atom. The first-order valence-electron chi connectivity index (χ1n) is 10.9. The SMILES string of the molecule is CCn1c(COc2cc(C)c(Cl)c(C)c2)nnc1SCC(=O)Nc1nc(-c2ccc(Cl)cc2Cl)cs1. The molecule has 2 heterocycles. The lowest BCUT2D eigenvalue weighted by molar-refractivity contribution is -0.113. The molecule has 0 saturated heterocycles. The van der Waals surface area contributed by atoms with Crippen LogP contribution in [0, 0.1) is 13.8 Å². The van der Waals surface area contributed by atoms with Crippen LogP contribution >= 0.6 is 57.9 Å². The highest BCUT2D eigenvalue weighted by Crippen LogP contribution is 2.32. The Balaban J connectivity index is 1.35. The molecule has 0 atom stereocenters. The van der Waals surface area contributed by atoms with E-state index in [1.807, 2.05) is 42.9 Å². The predicted molar refractivity (Wildman–Crippen MR) is 148 cm³/mol. The molecule has 0 bridgehead atoms. The number of benzene rings is 2. The lowest BCUT2D eigenvalue weighted by Crippen LogP contribution is -2.14. The van der Waals surface area contributed by atoms with Gasteiger partial charge in [-0.1, -0.05) is 46.6 Å². The summed E-state index contributed by atoms with van der Waals surface area (Å²) in [6.45, 7) is 6.77. The Labute approximate surface area is 232 Å². The molecule has 0 spiro atoms. The van der Waals surface area contributed by atoms with Gasteiger partial charge in [0.2, 0.25) is 5.91 Å². The maximum Gasteiger partial charge on any atom is 0.236 e. The Hall–Kier alpha value is -2.30. The van der Waals surface area contributed by atoms with Crippen molar-refractivity contribution >= 4 is 68.9 Å². The second kappa shape index (κ2) is 11.8. The van der Waals surface area contributed by atoms with Gasteiger partial charge in [-0.3, -0.25) is 4.79 Å². The largest absolute Gasteiger partial charge is 0.486 e. The fraction of sp³-hybridized carbons (Fsp3) is 0.250. The predicted octanol–water partition coefficient (Wildman–Crippen LogP) is 7.31. The number of thioether (sulfide) groups is 1. The number of ether oxygens (including phenoxy) is 1. The zero-order valence-corrected chi connectivity index (χ0v) is 23.5. The van der Waals surface area contributed by atoms with E-state index in [1.54, 1.807) is 18.2 Å². The van der Waals surface area contributed by atoms with E-state index in [0.29, 0.717) is 38.4 Å². The van der Waals surface area contributed by atoms with Crippen LogP contribution < -0.4 is 10.1 Å². The van der Waals surface area contributed by atoms with Gasteiger partial charge >= 0.3 is 0 Å². The number of carbonyl (C=O) groups excluding carboxylic acids is 1. The second-order valence-electron chi connectivity index (χ2n) is 7.80. The summed E-state index contributed by atoms with van der Waals surface area (Å²) in [6.07, 6.45) is 0. The molecule has 2 aromatic heterocycles. The minimum absolute atomic E-state index is 0.158. The van der Waals surface area contributed by atoms with Crippen molar-refractivity contribution < 1.29 is 9.53 Å². The molecule has 4 aromatic rings. The third kappa shape index (κ3) is 6.33. The molecule has 1 amide bonds. The fourth-order valence-corrected chi connectivity index (χ4v) is 5.59. The molecule has 0 aliphatic carbocycles. The average Bonchev–Trinajstić information content (AvgIpc) is 3.46. The Morgan fingerprint density at radius 2 is 1.89 bits per heavy atom. The van der Waals surface area contributed by atoms with Gasteiger partial charge in [-0.25, -0.2) is 4.98 Å². The van der Waals surface area contributed by atoms with Gasteiger partial charge in [0, 0.05) is 27.5 Å². The van der Waals surface area contributed by atoms with Crippen molar-refractivity contribution in [2.24, 2.45) is 0 Å². The van der Waals surface area contributed by atoms with Crippen molar-refractivity contribution in [3.8, 4) is 17.0 Å². The first kappa shape index (κ1) is 26.8. The van der Waals surface area contributed by atoms with Crippen molar-refractivity contribution in [2.45, 2.75) is 39.1 Å². The third-order valence-electron chi connectivity index (χ3n) is 5.18. The first-order valence-corrected chi connectivity index (χ1v) is 13.9. The number of hydrogen-bond acceptors (Lipinski definition) is 7. The molecule has 0 radical (unpaired) electrons. The van der Waals surface area contributed by atoms with Crippen LogP contribution in [-0.4, -0.2) is 31.4 Å². The number of hydrogen-bond donors (Lipinski definition) is 1. The summed E-state index contributed by atoms with van der Waals surface area (Å²) in [4.78, 5) is 17.0. The minimum atomic E-state index is -0.196. The van der Waals surface area contributed by atoms with E-state index in [-0.39, 0.29) is 18.3 Å². The molecule has 1 N–H and O–H groups in total. The lowest BCUT2D eigenvalue weighted by Gasteiger charge is -2.11. The van der Waals surface area contributed by atoms with E-state index in [1.165, 1.54) is 23.1 Å². The van der Waals surface area contributed by atoms with E-state index in [0.717, 1.165) is 27.5 Å². The van der Waals surface area contributed by atoms with Gasteiger partial charge in [0.25, 0.3) is 0 Å². The van der Waals surface area contributed by atoms with E-state index < -0.39 is 0 Å². The molecule has 2 aromatic carbocycles. The number of anilines is 1. The van der Waals surface area contributed by atoms with Crippen LogP contribution in [0.1, 0.15) is 23.9 Å². The number of halogens is 3. The molecule has 0 aliphatic rings. The monoisotopic (exact) mass is 581 g/mol. The molecule has 0 unspecified atom stereocenters. The number of aromatic nitrogens is 4. The Kier molecular flexibility index (Phi) is 8.79. The minimum Gasteiger partial charge on any atom is -0.486 e. The summed E-state index contributed by atoms with van der Waals surface area (Å²) >= 11 is 21.1. The number of rotatable bonds is 9. The molecule has 0 aliphatic heterocycles. The second-order valence-corrected chi connectivity index (χ2v) is 10.8. The highest BCUT2D eigenvalue weighted by atomic mass is 35.5. The summed E-state index contributed by atoms with van der Waals surface area (Å²) in [7, 11) is 0. The topological polar surface area (TPSA) is 81.9 Å². The van der Waals surface area contributed by atoms with Crippen molar-refractivity contribution in [1.82, 2.24) is 19.7 Å². The van der Waals surface area contributed by atoms with Crippen LogP contribution in [0.25, 0.3) is 11.3 Å². The number of carbonyl (C=O) groups is 1. The molecule has 188 valence electrons. The third-order valence-corrected chi connectivity index (χ3v) is 8.05. The number of nitrogens with zero attached hydrogens (tertiary/aromatic N) is 4. The van der Waals surface area contributed by atoms with Gasteiger partial charge in [0.15, 0.2) is 16.1 Å². The van der Waals surface area contributed by atoms with Crippen molar-refractivity contribution in [1.29, 1.82) is 0 Å². The summed E-state index contributed by atoms with van der Waals surface area (Å²) in [5, 5.41) is 16.1. The van der Waals surface area contributed by atoms with Gasteiger partial charge in [-0.2, -0.15) is 0 Å². The molecule has 36 heavy (non-hydrogen) atoms. The zero-order chi connectivity index (χ0) is 25.8. The van der Waals surface area contributed by atoms with E-state index in [2.05, 4.69) is 20.5 Å². The van der Waals surface area contributed by atoms with Crippen molar-refractivity contribution in [2.75, 3.05) is 11.1 Å². The number of thiazole rings is 1. The van der Waals surface area contributed by atoms with Gasteiger partial charge in [-0.05, 0) is 62.2 Å². The smallest absolute Gasteiger partial charge is 0.236 e. The lowest BCUT2D eigenvalue weighted by atomic mass is 10.1. The highest BCUT2D eigenvalue weighted by Gasteiger charge is 2.16. The summed E-state index contributed by atoms with van der Waals surface area (Å²) < 4.78 is 7.86. The highest BCUT2D eigenvalue weighted by molar-refractivity contribution is 7.99.